The quantitative estimate of drug-likeness (QED) is 0.907. The molecule has 0 saturated heterocycles. The number of aromatic nitrogens is 2. The van der Waals surface area contributed by atoms with Gasteiger partial charge in [0.15, 0.2) is 0 Å². The Morgan fingerprint density at radius 2 is 2.00 bits per heavy atom. The van der Waals surface area contributed by atoms with Crippen LogP contribution in [-0.4, -0.2) is 44.6 Å². The Bertz CT molecular complexity index is 642. The highest BCUT2D eigenvalue weighted by Gasteiger charge is 2.29. The highest BCUT2D eigenvalue weighted by molar-refractivity contribution is 7.07. The number of nitrogens with zero attached hydrogens (tertiary/aromatic N) is 3. The van der Waals surface area contributed by atoms with Crippen molar-refractivity contribution in [2.24, 2.45) is 0 Å². The van der Waals surface area contributed by atoms with Crippen LogP contribution in [-0.2, 0) is 11.2 Å². The zero-order valence-corrected chi connectivity index (χ0v) is 12.5. The molecule has 1 atom stereocenters. The van der Waals surface area contributed by atoms with Gasteiger partial charge in [0.25, 0.3) is 5.91 Å². The molecule has 1 aromatic carbocycles. The van der Waals surface area contributed by atoms with E-state index in [4.69, 9.17) is 0 Å². The van der Waals surface area contributed by atoms with Crippen molar-refractivity contribution in [3.8, 4) is 0 Å². The number of hydrogen-bond acceptors (Lipinski definition) is 5. The largest absolute Gasteiger partial charge is 0.480 e. The molecular formula is C14H15N3O3S. The van der Waals surface area contributed by atoms with Crippen LogP contribution in [0.15, 0.2) is 30.3 Å². The molecule has 0 aliphatic carbocycles. The standard InChI is InChI=1S/C14H15N3O3S/c1-9-12(21-16-15-9)13(18)17(2)11(14(19)20)8-10-6-4-3-5-7-10/h3-7,11H,8H2,1-2H3,(H,19,20). The first-order chi connectivity index (χ1) is 10.0. The molecule has 110 valence electrons. The van der Waals surface area contributed by atoms with Crippen LogP contribution in [0.4, 0.5) is 0 Å². The monoisotopic (exact) mass is 305 g/mol. The van der Waals surface area contributed by atoms with Gasteiger partial charge in [-0.15, -0.1) is 5.10 Å². The second kappa shape index (κ2) is 6.45. The predicted molar refractivity (Wildman–Crippen MR) is 78.3 cm³/mol. The minimum atomic E-state index is -1.04. The average molecular weight is 305 g/mol. The number of rotatable bonds is 5. The van der Waals surface area contributed by atoms with E-state index in [9.17, 15) is 14.7 Å². The van der Waals surface area contributed by atoms with Gasteiger partial charge in [-0.25, -0.2) is 4.79 Å². The van der Waals surface area contributed by atoms with E-state index in [1.807, 2.05) is 30.3 Å². The van der Waals surface area contributed by atoms with E-state index >= 15 is 0 Å². The molecule has 1 heterocycles. The molecule has 0 aliphatic rings. The first-order valence-corrected chi connectivity index (χ1v) is 7.11. The molecule has 0 saturated carbocycles. The molecule has 1 N–H and O–H groups in total. The molecule has 6 nitrogen and oxygen atoms in total. The number of likely N-dealkylation sites (N-methyl/N-ethyl adjacent to an activating group) is 1. The Morgan fingerprint density at radius 1 is 1.33 bits per heavy atom. The van der Waals surface area contributed by atoms with Gasteiger partial charge in [0.1, 0.15) is 10.9 Å². The van der Waals surface area contributed by atoms with Crippen LogP contribution in [0.3, 0.4) is 0 Å². The zero-order chi connectivity index (χ0) is 15.4. The SMILES string of the molecule is Cc1nnsc1C(=O)N(C)C(Cc1ccccc1)C(=O)O. The summed E-state index contributed by atoms with van der Waals surface area (Å²) in [7, 11) is 1.49. The summed E-state index contributed by atoms with van der Waals surface area (Å²) in [5.74, 6) is -1.41. The topological polar surface area (TPSA) is 83.4 Å². The highest BCUT2D eigenvalue weighted by Crippen LogP contribution is 2.16. The number of amides is 1. The molecule has 21 heavy (non-hydrogen) atoms. The minimum Gasteiger partial charge on any atom is -0.480 e. The zero-order valence-electron chi connectivity index (χ0n) is 11.7. The summed E-state index contributed by atoms with van der Waals surface area (Å²) < 4.78 is 3.71. The van der Waals surface area contributed by atoms with E-state index in [0.29, 0.717) is 10.6 Å². The lowest BCUT2D eigenvalue weighted by molar-refractivity contribution is -0.141. The maximum absolute atomic E-state index is 12.4. The fraction of sp³-hybridized carbons (Fsp3) is 0.286. The molecule has 7 heteroatoms. The number of aryl methyl sites for hydroxylation is 1. The van der Waals surface area contributed by atoms with Crippen LogP contribution in [0.1, 0.15) is 20.9 Å². The van der Waals surface area contributed by atoms with Crippen molar-refractivity contribution < 1.29 is 14.7 Å². The van der Waals surface area contributed by atoms with Crippen LogP contribution in [0.25, 0.3) is 0 Å². The molecule has 2 rings (SSSR count). The number of carboxylic acid groups (broad SMARTS) is 1. The van der Waals surface area contributed by atoms with Crippen LogP contribution < -0.4 is 0 Å². The molecule has 1 aromatic heterocycles. The lowest BCUT2D eigenvalue weighted by atomic mass is 10.0. The fourth-order valence-electron chi connectivity index (χ4n) is 1.96. The van der Waals surface area contributed by atoms with E-state index in [2.05, 4.69) is 9.59 Å². The molecule has 1 amide bonds. The van der Waals surface area contributed by atoms with Gasteiger partial charge in [0.2, 0.25) is 0 Å². The average Bonchev–Trinajstić information content (AvgIpc) is 2.90. The third kappa shape index (κ3) is 3.43. The summed E-state index contributed by atoms with van der Waals surface area (Å²) in [6.07, 6.45) is 0.254. The lowest BCUT2D eigenvalue weighted by Crippen LogP contribution is -2.43. The number of carbonyl (C=O) groups excluding carboxylic acids is 1. The molecular weight excluding hydrogens is 290 g/mol. The summed E-state index contributed by atoms with van der Waals surface area (Å²) in [6, 6.07) is 8.30. The fourth-order valence-corrected chi connectivity index (χ4v) is 2.60. The number of benzene rings is 1. The second-order valence-corrected chi connectivity index (χ2v) is 5.40. The number of hydrogen-bond donors (Lipinski definition) is 1. The molecule has 0 bridgehead atoms. The first-order valence-electron chi connectivity index (χ1n) is 6.33. The maximum Gasteiger partial charge on any atom is 0.326 e. The Balaban J connectivity index is 2.20. The minimum absolute atomic E-state index is 0.254. The van der Waals surface area contributed by atoms with E-state index in [-0.39, 0.29) is 12.3 Å². The third-order valence-electron chi connectivity index (χ3n) is 3.19. The normalized spacial score (nSPS) is 11.9. The van der Waals surface area contributed by atoms with Gasteiger partial charge in [-0.2, -0.15) is 0 Å². The van der Waals surface area contributed by atoms with Gasteiger partial charge >= 0.3 is 5.97 Å². The third-order valence-corrected chi connectivity index (χ3v) is 4.01. The van der Waals surface area contributed by atoms with Gasteiger partial charge in [-0.05, 0) is 24.0 Å². The summed E-state index contributed by atoms with van der Waals surface area (Å²) in [5.41, 5.74) is 1.38. The van der Waals surface area contributed by atoms with Crippen molar-refractivity contribution in [2.75, 3.05) is 7.05 Å². The van der Waals surface area contributed by atoms with Crippen molar-refractivity contribution in [1.29, 1.82) is 0 Å². The number of carbonyl (C=O) groups is 2. The van der Waals surface area contributed by atoms with Crippen LogP contribution in [0.2, 0.25) is 0 Å². The summed E-state index contributed by atoms with van der Waals surface area (Å²) >= 11 is 0.976. The first kappa shape index (κ1) is 15.1. The molecule has 0 radical (unpaired) electrons. The lowest BCUT2D eigenvalue weighted by Gasteiger charge is -2.24. The summed E-state index contributed by atoms with van der Waals surface area (Å²) in [5, 5.41) is 13.2. The highest BCUT2D eigenvalue weighted by atomic mass is 32.1. The van der Waals surface area contributed by atoms with Gasteiger partial charge in [0, 0.05) is 13.5 Å². The molecule has 2 aromatic rings. The Hall–Kier alpha value is -2.28. The second-order valence-electron chi connectivity index (χ2n) is 4.65. The summed E-state index contributed by atoms with van der Waals surface area (Å²) in [6.45, 7) is 1.68. The molecule has 0 spiro atoms. The van der Waals surface area contributed by atoms with Crippen molar-refractivity contribution >= 4 is 23.4 Å². The Labute approximate surface area is 126 Å². The van der Waals surface area contributed by atoms with Crippen LogP contribution in [0.5, 0.6) is 0 Å². The van der Waals surface area contributed by atoms with Crippen molar-refractivity contribution in [3.05, 3.63) is 46.5 Å². The Kier molecular flexibility index (Phi) is 4.64. The van der Waals surface area contributed by atoms with E-state index < -0.39 is 12.0 Å². The van der Waals surface area contributed by atoms with E-state index in [1.165, 1.54) is 11.9 Å². The van der Waals surface area contributed by atoms with Crippen LogP contribution >= 0.6 is 11.5 Å². The van der Waals surface area contributed by atoms with Crippen molar-refractivity contribution in [3.63, 3.8) is 0 Å². The number of carboxylic acids is 1. The summed E-state index contributed by atoms with van der Waals surface area (Å²) in [4.78, 5) is 25.4. The van der Waals surface area contributed by atoms with E-state index in [0.717, 1.165) is 17.1 Å². The molecule has 1 unspecified atom stereocenters. The van der Waals surface area contributed by atoms with Crippen LogP contribution in [0, 0.1) is 6.92 Å². The smallest absolute Gasteiger partial charge is 0.326 e. The number of aliphatic carboxylic acids is 1. The molecule has 0 aliphatic heterocycles. The van der Waals surface area contributed by atoms with Crippen molar-refractivity contribution in [2.45, 2.75) is 19.4 Å². The van der Waals surface area contributed by atoms with Gasteiger partial charge in [0.05, 0.1) is 5.69 Å². The van der Waals surface area contributed by atoms with Gasteiger partial charge < -0.3 is 10.0 Å². The van der Waals surface area contributed by atoms with Crippen molar-refractivity contribution in [1.82, 2.24) is 14.5 Å². The molecule has 0 fully saturated rings. The maximum atomic E-state index is 12.4. The van der Waals surface area contributed by atoms with Gasteiger partial charge in [-0.3, -0.25) is 4.79 Å². The van der Waals surface area contributed by atoms with E-state index in [1.54, 1.807) is 6.92 Å². The Morgan fingerprint density at radius 3 is 2.52 bits per heavy atom. The van der Waals surface area contributed by atoms with Gasteiger partial charge in [-0.1, -0.05) is 34.8 Å². The predicted octanol–water partition coefficient (Wildman–Crippen LogP) is 1.61.